The fourth-order valence-electron chi connectivity index (χ4n) is 2.88. The van der Waals surface area contributed by atoms with Gasteiger partial charge in [-0.2, -0.15) is 0 Å². The fraction of sp³-hybridized carbons (Fsp3) is 0.556. The van der Waals surface area contributed by atoms with Gasteiger partial charge in [0.15, 0.2) is 0 Å². The van der Waals surface area contributed by atoms with Crippen LogP contribution >= 0.6 is 11.6 Å². The van der Waals surface area contributed by atoms with Crippen molar-refractivity contribution in [1.82, 2.24) is 10.2 Å². The Bertz CT molecular complexity index is 566. The van der Waals surface area contributed by atoms with E-state index in [2.05, 4.69) is 5.32 Å². The predicted octanol–water partition coefficient (Wildman–Crippen LogP) is 2.43. The van der Waals surface area contributed by atoms with Crippen molar-refractivity contribution in [3.05, 3.63) is 34.9 Å². The third-order valence-corrected chi connectivity index (χ3v) is 4.52. The van der Waals surface area contributed by atoms with Gasteiger partial charge in [-0.25, -0.2) is 0 Å². The van der Waals surface area contributed by atoms with Gasteiger partial charge >= 0.3 is 0 Å². The van der Waals surface area contributed by atoms with E-state index >= 15 is 0 Å². The molecule has 0 saturated carbocycles. The number of hydrogen-bond donors (Lipinski definition) is 2. The van der Waals surface area contributed by atoms with Crippen LogP contribution in [0.4, 0.5) is 0 Å². The first-order chi connectivity index (χ1) is 11.4. The van der Waals surface area contributed by atoms with Crippen LogP contribution in [0.1, 0.15) is 43.5 Å². The molecule has 1 heterocycles. The third kappa shape index (κ3) is 5.21. The van der Waals surface area contributed by atoms with E-state index in [9.17, 15) is 9.59 Å². The van der Waals surface area contributed by atoms with Crippen molar-refractivity contribution in [2.45, 2.75) is 45.2 Å². The molecule has 2 rings (SSSR count). The molecule has 1 aliphatic rings. The summed E-state index contributed by atoms with van der Waals surface area (Å²) in [5, 5.41) is 3.46. The minimum atomic E-state index is -0.512. The molecular formula is C18H26ClN3O2. The fourth-order valence-corrected chi connectivity index (χ4v) is 3.00. The Morgan fingerprint density at radius 1 is 1.25 bits per heavy atom. The van der Waals surface area contributed by atoms with Crippen molar-refractivity contribution in [2.75, 3.05) is 13.1 Å². The van der Waals surface area contributed by atoms with Crippen LogP contribution in [-0.2, 0) is 4.79 Å². The second-order valence-corrected chi connectivity index (χ2v) is 7.26. The van der Waals surface area contributed by atoms with Gasteiger partial charge in [0.05, 0.1) is 0 Å². The molecule has 132 valence electrons. The summed E-state index contributed by atoms with van der Waals surface area (Å²) in [5.74, 6) is 0.0359. The zero-order chi connectivity index (χ0) is 17.7. The standard InChI is InChI=1S/C18H26ClN3O2/c1-12(2)11-16(18(24)22-9-7-15(20)8-10-22)21-17(23)13-3-5-14(19)6-4-13/h3-6,12,15-16H,7-11,20H2,1-2H3,(H,21,23). The van der Waals surface area contributed by atoms with Crippen LogP contribution in [0.15, 0.2) is 24.3 Å². The van der Waals surface area contributed by atoms with E-state index in [4.69, 9.17) is 17.3 Å². The number of benzene rings is 1. The Kier molecular flexibility index (Phi) is 6.63. The van der Waals surface area contributed by atoms with Crippen molar-refractivity contribution in [3.8, 4) is 0 Å². The summed E-state index contributed by atoms with van der Waals surface area (Å²) in [6.07, 6.45) is 2.23. The minimum Gasteiger partial charge on any atom is -0.341 e. The number of hydrogen-bond acceptors (Lipinski definition) is 3. The maximum atomic E-state index is 12.8. The van der Waals surface area contributed by atoms with Crippen molar-refractivity contribution in [1.29, 1.82) is 0 Å². The summed E-state index contributed by atoms with van der Waals surface area (Å²) in [7, 11) is 0. The summed E-state index contributed by atoms with van der Waals surface area (Å²) in [5.41, 5.74) is 6.41. The first-order valence-corrected chi connectivity index (χ1v) is 8.85. The number of halogens is 1. The van der Waals surface area contributed by atoms with Gasteiger partial charge in [-0.3, -0.25) is 9.59 Å². The average Bonchev–Trinajstić information content (AvgIpc) is 2.54. The molecule has 1 aromatic carbocycles. The molecule has 0 spiro atoms. The van der Waals surface area contributed by atoms with E-state index in [0.29, 0.717) is 36.0 Å². The number of nitrogens with one attached hydrogen (secondary N) is 1. The topological polar surface area (TPSA) is 75.4 Å². The predicted molar refractivity (Wildman–Crippen MR) is 96.0 cm³/mol. The Labute approximate surface area is 148 Å². The SMILES string of the molecule is CC(C)CC(NC(=O)c1ccc(Cl)cc1)C(=O)N1CCC(N)CC1. The maximum absolute atomic E-state index is 12.8. The quantitative estimate of drug-likeness (QED) is 0.855. The molecule has 0 bridgehead atoms. The lowest BCUT2D eigenvalue weighted by Gasteiger charge is -2.33. The lowest BCUT2D eigenvalue weighted by molar-refractivity contribution is -0.134. The molecule has 1 unspecified atom stereocenters. The molecule has 5 nitrogen and oxygen atoms in total. The molecule has 3 N–H and O–H groups in total. The zero-order valence-electron chi connectivity index (χ0n) is 14.3. The van der Waals surface area contributed by atoms with E-state index in [1.807, 2.05) is 18.7 Å². The van der Waals surface area contributed by atoms with Crippen LogP contribution < -0.4 is 11.1 Å². The molecule has 0 aliphatic carbocycles. The number of nitrogens with zero attached hydrogens (tertiary/aromatic N) is 1. The second kappa shape index (κ2) is 8.49. The number of amides is 2. The van der Waals surface area contributed by atoms with Gasteiger partial charge in [-0.15, -0.1) is 0 Å². The third-order valence-electron chi connectivity index (χ3n) is 4.27. The summed E-state index contributed by atoms with van der Waals surface area (Å²) in [6.45, 7) is 5.40. The highest BCUT2D eigenvalue weighted by Gasteiger charge is 2.29. The highest BCUT2D eigenvalue weighted by molar-refractivity contribution is 6.30. The molecule has 1 saturated heterocycles. The van der Waals surface area contributed by atoms with Crippen LogP contribution in [0, 0.1) is 5.92 Å². The first-order valence-electron chi connectivity index (χ1n) is 8.47. The highest BCUT2D eigenvalue weighted by Crippen LogP contribution is 2.15. The van der Waals surface area contributed by atoms with Gasteiger partial charge in [0.25, 0.3) is 5.91 Å². The Morgan fingerprint density at radius 3 is 2.38 bits per heavy atom. The molecule has 1 atom stereocenters. The minimum absolute atomic E-state index is 0.0158. The molecule has 0 radical (unpaired) electrons. The van der Waals surface area contributed by atoms with Gasteiger partial charge in [-0.05, 0) is 49.4 Å². The van der Waals surface area contributed by atoms with E-state index in [0.717, 1.165) is 12.8 Å². The van der Waals surface area contributed by atoms with Crippen molar-refractivity contribution in [3.63, 3.8) is 0 Å². The van der Waals surface area contributed by atoms with Gasteiger partial charge in [0, 0.05) is 29.7 Å². The Morgan fingerprint density at radius 2 is 1.83 bits per heavy atom. The van der Waals surface area contributed by atoms with E-state index in [1.165, 1.54) is 0 Å². The average molecular weight is 352 g/mol. The molecule has 24 heavy (non-hydrogen) atoms. The van der Waals surface area contributed by atoms with Crippen molar-refractivity contribution >= 4 is 23.4 Å². The smallest absolute Gasteiger partial charge is 0.251 e. The number of carbonyl (C=O) groups is 2. The van der Waals surface area contributed by atoms with Crippen LogP contribution in [0.25, 0.3) is 0 Å². The van der Waals surface area contributed by atoms with Crippen LogP contribution in [0.5, 0.6) is 0 Å². The first kappa shape index (κ1) is 18.7. The van der Waals surface area contributed by atoms with Crippen LogP contribution in [0.2, 0.25) is 5.02 Å². The number of likely N-dealkylation sites (tertiary alicyclic amines) is 1. The summed E-state index contributed by atoms with van der Waals surface area (Å²) in [4.78, 5) is 27.1. The second-order valence-electron chi connectivity index (χ2n) is 6.83. The zero-order valence-corrected chi connectivity index (χ0v) is 15.1. The molecule has 1 fully saturated rings. The highest BCUT2D eigenvalue weighted by atomic mass is 35.5. The number of nitrogens with two attached hydrogens (primary N) is 1. The molecule has 6 heteroatoms. The van der Waals surface area contributed by atoms with Crippen LogP contribution in [0.3, 0.4) is 0 Å². The molecular weight excluding hydrogens is 326 g/mol. The summed E-state index contributed by atoms with van der Waals surface area (Å²) < 4.78 is 0. The van der Waals surface area contributed by atoms with Gasteiger partial charge in [0.1, 0.15) is 6.04 Å². The number of carbonyl (C=O) groups excluding carboxylic acids is 2. The van der Waals surface area contributed by atoms with E-state index in [1.54, 1.807) is 24.3 Å². The Hall–Kier alpha value is -1.59. The normalized spacial score (nSPS) is 17.0. The largest absolute Gasteiger partial charge is 0.341 e. The van der Waals surface area contributed by atoms with Gasteiger partial charge in [-0.1, -0.05) is 25.4 Å². The van der Waals surface area contributed by atoms with Crippen LogP contribution in [-0.4, -0.2) is 41.9 Å². The lowest BCUT2D eigenvalue weighted by atomic mass is 10.00. The molecule has 0 aromatic heterocycles. The van der Waals surface area contributed by atoms with Crippen molar-refractivity contribution < 1.29 is 9.59 Å². The lowest BCUT2D eigenvalue weighted by Crippen LogP contribution is -2.52. The van der Waals surface area contributed by atoms with Gasteiger partial charge in [0.2, 0.25) is 5.91 Å². The van der Waals surface area contributed by atoms with Crippen molar-refractivity contribution in [2.24, 2.45) is 11.7 Å². The monoisotopic (exact) mass is 351 g/mol. The van der Waals surface area contributed by atoms with E-state index in [-0.39, 0.29) is 17.9 Å². The maximum Gasteiger partial charge on any atom is 0.251 e. The summed E-state index contributed by atoms with van der Waals surface area (Å²) >= 11 is 5.85. The van der Waals surface area contributed by atoms with E-state index < -0.39 is 6.04 Å². The number of piperidine rings is 1. The molecule has 2 amide bonds. The summed E-state index contributed by atoms with van der Waals surface area (Å²) in [6, 6.07) is 6.32. The number of rotatable bonds is 5. The molecule has 1 aliphatic heterocycles. The van der Waals surface area contributed by atoms with Gasteiger partial charge < -0.3 is 16.0 Å². The molecule has 1 aromatic rings. The Balaban J connectivity index is 2.05.